The number of rotatable bonds is 2. The minimum atomic E-state index is -0.234. The molecule has 1 N–H and O–H groups in total. The van der Waals surface area contributed by atoms with Gasteiger partial charge in [-0.25, -0.2) is 0 Å². The van der Waals surface area contributed by atoms with Crippen molar-refractivity contribution < 1.29 is 9.53 Å². The molecule has 0 unspecified atom stereocenters. The Kier molecular flexibility index (Phi) is 3.32. The lowest BCUT2D eigenvalue weighted by atomic mass is 11.5. The first-order valence-electron chi connectivity index (χ1n) is 2.02. The van der Waals surface area contributed by atoms with E-state index in [0.717, 1.165) is 0 Å². The van der Waals surface area contributed by atoms with Crippen LogP contribution in [-0.4, -0.2) is 26.7 Å². The molecule has 42 valence electrons. The molecular formula is C4H9NO2. The van der Waals surface area contributed by atoms with E-state index in [4.69, 9.17) is 0 Å². The third-order valence-corrected chi connectivity index (χ3v) is 0.549. The van der Waals surface area contributed by atoms with Crippen LogP contribution in [0.5, 0.6) is 0 Å². The Hall–Kier alpha value is -0.570. The quantitative estimate of drug-likeness (QED) is 0.290. The summed E-state index contributed by atoms with van der Waals surface area (Å²) in [6.45, 7) is 0.288. The SMILES string of the molecule is CO[13C](=O)[13CH2][15NH][13CH3]. The molecule has 0 radical (unpaired) electrons. The van der Waals surface area contributed by atoms with Crippen molar-refractivity contribution in [1.82, 2.24) is 5.32 Å². The number of carbonyl (C=O) groups is 1. The molecule has 7 heavy (non-hydrogen) atoms. The van der Waals surface area contributed by atoms with E-state index in [1.165, 1.54) is 7.11 Å². The summed E-state index contributed by atoms with van der Waals surface area (Å²) in [5.41, 5.74) is 0. The fraction of sp³-hybridized carbons (Fsp3) is 0.750. The van der Waals surface area contributed by atoms with Crippen molar-refractivity contribution in [3.05, 3.63) is 0 Å². The molecule has 0 rings (SSSR count). The van der Waals surface area contributed by atoms with E-state index in [1.54, 1.807) is 7.05 Å². The van der Waals surface area contributed by atoms with E-state index in [0.29, 0.717) is 0 Å². The highest BCUT2D eigenvalue weighted by Gasteiger charge is 1.91. The fourth-order valence-corrected chi connectivity index (χ4v) is 0.217. The van der Waals surface area contributed by atoms with Crippen LogP contribution in [0.25, 0.3) is 0 Å². The highest BCUT2D eigenvalue weighted by atomic mass is 16.6. The summed E-state index contributed by atoms with van der Waals surface area (Å²) in [5.74, 6) is -0.234. The zero-order valence-corrected chi connectivity index (χ0v) is 4.52. The monoisotopic (exact) mass is 107 g/mol. The minimum Gasteiger partial charge on any atom is -0.468 e. The Morgan fingerprint density at radius 2 is 2.43 bits per heavy atom. The van der Waals surface area contributed by atoms with Gasteiger partial charge in [0.1, 0.15) is 0 Å². The number of hydrogen-bond donors (Lipinski definition) is 1. The number of hydrogen-bond acceptors (Lipinski definition) is 3. The highest BCUT2D eigenvalue weighted by Crippen LogP contribution is 1.64. The van der Waals surface area contributed by atoms with Gasteiger partial charge in [0.2, 0.25) is 0 Å². The number of carbonyl (C=O) groups excluding carboxylic acids is 1. The van der Waals surface area contributed by atoms with Crippen LogP contribution in [0.4, 0.5) is 0 Å². The van der Waals surface area contributed by atoms with Crippen LogP contribution in [0.3, 0.4) is 0 Å². The minimum absolute atomic E-state index is 0.234. The van der Waals surface area contributed by atoms with E-state index in [2.05, 4.69) is 10.1 Å². The lowest BCUT2D eigenvalue weighted by Crippen LogP contribution is -2.19. The van der Waals surface area contributed by atoms with Gasteiger partial charge in [0.15, 0.2) is 0 Å². The Bertz CT molecular complexity index is 62.7. The molecule has 0 aromatic rings. The van der Waals surface area contributed by atoms with E-state index in [9.17, 15) is 4.79 Å². The normalized spacial score (nSPS) is 8.29. The van der Waals surface area contributed by atoms with Crippen molar-refractivity contribution in [3.63, 3.8) is 0 Å². The molecule has 3 heteroatoms. The molecule has 0 aliphatic carbocycles. The smallest absolute Gasteiger partial charge is 0.319 e. The van der Waals surface area contributed by atoms with Crippen LogP contribution in [0, 0.1) is 0 Å². The van der Waals surface area contributed by atoms with Gasteiger partial charge >= 0.3 is 5.97 Å². The summed E-state index contributed by atoms with van der Waals surface area (Å²) in [6, 6.07) is 0. The van der Waals surface area contributed by atoms with Crippen molar-refractivity contribution in [1.29, 1.82) is 0 Å². The van der Waals surface area contributed by atoms with Gasteiger partial charge in [0.05, 0.1) is 13.7 Å². The first kappa shape index (κ1) is 6.43. The van der Waals surface area contributed by atoms with Crippen LogP contribution in [0.1, 0.15) is 0 Å². The number of ether oxygens (including phenoxy) is 1. The van der Waals surface area contributed by atoms with Crippen molar-refractivity contribution in [2.75, 3.05) is 20.7 Å². The molecule has 0 saturated heterocycles. The molecule has 0 amide bonds. The van der Waals surface area contributed by atoms with Gasteiger partial charge in [-0.3, -0.25) is 4.79 Å². The summed E-state index contributed by atoms with van der Waals surface area (Å²) in [4.78, 5) is 10.1. The average Bonchev–Trinajstić information content (AvgIpc) is 1.68. The molecule has 0 heterocycles. The zero-order valence-electron chi connectivity index (χ0n) is 4.52. The lowest BCUT2D eigenvalue weighted by molar-refractivity contribution is -0.139. The Labute approximate surface area is 42.7 Å². The number of esters is 1. The molecular weight excluding hydrogens is 98.0 g/mol. The lowest BCUT2D eigenvalue weighted by Gasteiger charge is -1.93. The Balaban J connectivity index is 3.00. The maximum Gasteiger partial charge on any atom is 0.319 e. The van der Waals surface area contributed by atoms with Crippen molar-refractivity contribution in [2.24, 2.45) is 0 Å². The van der Waals surface area contributed by atoms with Gasteiger partial charge in [0.25, 0.3) is 0 Å². The molecule has 0 aliphatic rings. The van der Waals surface area contributed by atoms with Crippen molar-refractivity contribution >= 4 is 5.97 Å². The second kappa shape index (κ2) is 3.61. The summed E-state index contributed by atoms with van der Waals surface area (Å²) < 4.78 is 4.29. The summed E-state index contributed by atoms with van der Waals surface area (Å²) in [7, 11) is 3.05. The molecule has 3 nitrogen and oxygen atoms in total. The summed E-state index contributed by atoms with van der Waals surface area (Å²) in [5, 5.41) is 2.64. The van der Waals surface area contributed by atoms with Gasteiger partial charge in [0, 0.05) is 0 Å². The number of methoxy groups -OCH3 is 1. The van der Waals surface area contributed by atoms with Crippen LogP contribution in [-0.2, 0) is 9.53 Å². The van der Waals surface area contributed by atoms with Crippen LogP contribution >= 0.6 is 0 Å². The molecule has 0 aromatic carbocycles. The Morgan fingerprint density at radius 1 is 1.86 bits per heavy atom. The van der Waals surface area contributed by atoms with Gasteiger partial charge in [-0.1, -0.05) is 0 Å². The molecule has 0 fully saturated rings. The second-order valence-corrected chi connectivity index (χ2v) is 1.11. The van der Waals surface area contributed by atoms with Crippen molar-refractivity contribution in [3.8, 4) is 0 Å². The molecule has 0 aliphatic heterocycles. The van der Waals surface area contributed by atoms with Gasteiger partial charge in [-0.15, -0.1) is 0 Å². The van der Waals surface area contributed by atoms with Crippen molar-refractivity contribution in [2.45, 2.75) is 0 Å². The number of nitrogens with one attached hydrogen (secondary N) is 1. The maximum atomic E-state index is 10.1. The van der Waals surface area contributed by atoms with E-state index in [-0.39, 0.29) is 12.5 Å². The fourth-order valence-electron chi connectivity index (χ4n) is 0.217. The Morgan fingerprint density at radius 3 is 2.57 bits per heavy atom. The molecule has 0 aromatic heterocycles. The van der Waals surface area contributed by atoms with Gasteiger partial charge < -0.3 is 10.1 Å². The number of likely N-dealkylation sites (N-methyl/N-ethyl adjacent to an activating group) is 1. The van der Waals surface area contributed by atoms with Crippen LogP contribution < -0.4 is 5.32 Å². The largest absolute Gasteiger partial charge is 0.468 e. The standard InChI is InChI=1S/C4H9NO2/c1-5-3-4(6)7-2/h5H,3H2,1-2H3/i1+1,3+1,4+1,5+1. The summed E-state index contributed by atoms with van der Waals surface area (Å²) in [6.07, 6.45) is 0. The molecule has 0 atom stereocenters. The molecule has 0 bridgehead atoms. The first-order chi connectivity index (χ1) is 3.31. The first-order valence-corrected chi connectivity index (χ1v) is 2.02. The van der Waals surface area contributed by atoms with E-state index < -0.39 is 0 Å². The van der Waals surface area contributed by atoms with Gasteiger partial charge in [-0.2, -0.15) is 0 Å². The second-order valence-electron chi connectivity index (χ2n) is 1.11. The summed E-state index contributed by atoms with van der Waals surface area (Å²) >= 11 is 0. The van der Waals surface area contributed by atoms with E-state index in [1.807, 2.05) is 0 Å². The molecule has 0 saturated carbocycles. The predicted molar refractivity (Wildman–Crippen MR) is 25.9 cm³/mol. The van der Waals surface area contributed by atoms with E-state index >= 15 is 0 Å². The highest BCUT2D eigenvalue weighted by molar-refractivity contribution is 5.71. The average molecular weight is 107 g/mol. The predicted octanol–water partition coefficient (Wildman–Crippen LogP) is -0.621. The van der Waals surface area contributed by atoms with Crippen LogP contribution in [0.15, 0.2) is 0 Å². The third-order valence-electron chi connectivity index (χ3n) is 0.549. The van der Waals surface area contributed by atoms with Crippen LogP contribution in [0.2, 0.25) is 0 Å². The third kappa shape index (κ3) is 3.26. The van der Waals surface area contributed by atoms with Gasteiger partial charge in [-0.05, 0) is 7.05 Å². The maximum absolute atomic E-state index is 10.1. The molecule has 0 spiro atoms. The zero-order chi connectivity index (χ0) is 5.70. The topological polar surface area (TPSA) is 38.3 Å².